The van der Waals surface area contributed by atoms with Crippen molar-refractivity contribution in [3.05, 3.63) is 0 Å². The first kappa shape index (κ1) is 15.9. The number of sulfone groups is 1. The highest BCUT2D eigenvalue weighted by molar-refractivity contribution is 7.90. The number of hydrogen-bond acceptors (Lipinski definition) is 3. The smallest absolute Gasteiger partial charge is 0.147 e. The third kappa shape index (κ3) is 8.11. The Bertz CT molecular complexity index is 278. The van der Waals surface area contributed by atoms with Crippen molar-refractivity contribution in [1.82, 2.24) is 5.32 Å². The molecule has 0 spiro atoms. The van der Waals surface area contributed by atoms with Crippen LogP contribution in [-0.4, -0.2) is 33.5 Å². The molecule has 1 atom stereocenters. The molecule has 1 N–H and O–H groups in total. The minimum Gasteiger partial charge on any atom is -0.317 e. The molecule has 0 fully saturated rings. The van der Waals surface area contributed by atoms with E-state index in [1.807, 2.05) is 0 Å². The number of rotatable bonds is 7. The van der Waals surface area contributed by atoms with Crippen LogP contribution in [0.4, 0.5) is 0 Å². The lowest BCUT2D eigenvalue weighted by atomic mass is 9.78. The first-order chi connectivity index (χ1) is 7.17. The van der Waals surface area contributed by atoms with E-state index in [0.29, 0.717) is 11.7 Å². The summed E-state index contributed by atoms with van der Waals surface area (Å²) in [6.45, 7) is 10.7. The fourth-order valence-electron chi connectivity index (χ4n) is 1.75. The van der Waals surface area contributed by atoms with Gasteiger partial charge in [-0.2, -0.15) is 0 Å². The highest BCUT2D eigenvalue weighted by atomic mass is 32.2. The van der Waals surface area contributed by atoms with Gasteiger partial charge in [0.1, 0.15) is 9.84 Å². The zero-order chi connectivity index (χ0) is 12.8. The van der Waals surface area contributed by atoms with Crippen LogP contribution in [-0.2, 0) is 9.84 Å². The van der Waals surface area contributed by atoms with Gasteiger partial charge in [0, 0.05) is 12.0 Å². The standard InChI is InChI=1S/C12H27NO2S/c1-6-13-10-11(12(2,3)4)8-7-9-16(5,14)15/h11,13H,6-10H2,1-5H3. The second-order valence-corrected chi connectivity index (χ2v) is 7.90. The highest BCUT2D eigenvalue weighted by Gasteiger charge is 2.23. The van der Waals surface area contributed by atoms with Gasteiger partial charge in [0.25, 0.3) is 0 Å². The van der Waals surface area contributed by atoms with E-state index < -0.39 is 9.84 Å². The van der Waals surface area contributed by atoms with Crippen LogP contribution >= 0.6 is 0 Å². The van der Waals surface area contributed by atoms with Gasteiger partial charge in [0.15, 0.2) is 0 Å². The second kappa shape index (κ2) is 6.60. The molecule has 0 rings (SSSR count). The van der Waals surface area contributed by atoms with E-state index in [-0.39, 0.29) is 5.41 Å². The molecule has 98 valence electrons. The van der Waals surface area contributed by atoms with E-state index in [4.69, 9.17) is 0 Å². The number of hydrogen-bond donors (Lipinski definition) is 1. The second-order valence-electron chi connectivity index (χ2n) is 5.64. The topological polar surface area (TPSA) is 46.2 Å². The zero-order valence-electron chi connectivity index (χ0n) is 11.3. The Labute approximate surface area is 101 Å². The van der Waals surface area contributed by atoms with Crippen LogP contribution in [0.1, 0.15) is 40.5 Å². The minimum absolute atomic E-state index is 0.236. The van der Waals surface area contributed by atoms with Crippen molar-refractivity contribution in [3.63, 3.8) is 0 Å². The van der Waals surface area contributed by atoms with Gasteiger partial charge in [0.05, 0.1) is 0 Å². The monoisotopic (exact) mass is 249 g/mol. The molecular formula is C12H27NO2S. The molecule has 0 aromatic rings. The lowest BCUT2D eigenvalue weighted by molar-refractivity contribution is 0.218. The van der Waals surface area contributed by atoms with Gasteiger partial charge in [-0.1, -0.05) is 27.7 Å². The molecule has 0 aliphatic carbocycles. The molecule has 0 aliphatic rings. The molecule has 0 saturated heterocycles. The van der Waals surface area contributed by atoms with Crippen molar-refractivity contribution in [2.75, 3.05) is 25.1 Å². The van der Waals surface area contributed by atoms with Gasteiger partial charge < -0.3 is 5.32 Å². The molecule has 16 heavy (non-hydrogen) atoms. The van der Waals surface area contributed by atoms with Gasteiger partial charge >= 0.3 is 0 Å². The molecular weight excluding hydrogens is 222 g/mol. The van der Waals surface area contributed by atoms with Crippen molar-refractivity contribution >= 4 is 9.84 Å². The Morgan fingerprint density at radius 1 is 1.25 bits per heavy atom. The molecule has 0 aliphatic heterocycles. The van der Waals surface area contributed by atoms with E-state index in [1.165, 1.54) is 6.26 Å². The maximum absolute atomic E-state index is 11.1. The first-order valence-corrected chi connectivity index (χ1v) is 8.11. The van der Waals surface area contributed by atoms with Gasteiger partial charge in [-0.3, -0.25) is 0 Å². The third-order valence-corrected chi connectivity index (χ3v) is 3.96. The minimum atomic E-state index is -2.81. The van der Waals surface area contributed by atoms with Crippen LogP contribution in [0.3, 0.4) is 0 Å². The molecule has 0 heterocycles. The Morgan fingerprint density at radius 2 is 1.81 bits per heavy atom. The maximum Gasteiger partial charge on any atom is 0.147 e. The molecule has 1 unspecified atom stereocenters. The van der Waals surface area contributed by atoms with Crippen molar-refractivity contribution in [2.45, 2.75) is 40.5 Å². The zero-order valence-corrected chi connectivity index (χ0v) is 12.2. The largest absolute Gasteiger partial charge is 0.317 e. The summed E-state index contributed by atoms with van der Waals surface area (Å²) in [7, 11) is -2.81. The average molecular weight is 249 g/mol. The first-order valence-electron chi connectivity index (χ1n) is 6.05. The van der Waals surface area contributed by atoms with E-state index in [1.54, 1.807) is 0 Å². The molecule has 3 nitrogen and oxygen atoms in total. The van der Waals surface area contributed by atoms with Crippen molar-refractivity contribution in [2.24, 2.45) is 11.3 Å². The van der Waals surface area contributed by atoms with Gasteiger partial charge in [-0.05, 0) is 37.3 Å². The summed E-state index contributed by atoms with van der Waals surface area (Å²) >= 11 is 0. The summed E-state index contributed by atoms with van der Waals surface area (Å²) in [6, 6.07) is 0. The van der Waals surface area contributed by atoms with E-state index in [0.717, 1.165) is 25.9 Å². The summed E-state index contributed by atoms with van der Waals surface area (Å²) in [5.74, 6) is 0.848. The quantitative estimate of drug-likeness (QED) is 0.751. The lowest BCUT2D eigenvalue weighted by Crippen LogP contribution is -2.32. The van der Waals surface area contributed by atoms with Crippen LogP contribution in [0, 0.1) is 11.3 Å². The molecule has 0 bridgehead atoms. The van der Waals surface area contributed by atoms with Crippen LogP contribution in [0.2, 0.25) is 0 Å². The van der Waals surface area contributed by atoms with Crippen molar-refractivity contribution < 1.29 is 8.42 Å². The normalized spacial score (nSPS) is 15.1. The summed E-state index contributed by atoms with van der Waals surface area (Å²) in [6.07, 6.45) is 3.05. The Hall–Kier alpha value is -0.0900. The van der Waals surface area contributed by atoms with Gasteiger partial charge in [-0.25, -0.2) is 8.42 Å². The summed E-state index contributed by atoms with van der Waals surface area (Å²) in [5, 5.41) is 3.35. The average Bonchev–Trinajstić information content (AvgIpc) is 2.06. The predicted octanol–water partition coefficient (Wildman–Crippen LogP) is 2.08. The highest BCUT2D eigenvalue weighted by Crippen LogP contribution is 2.29. The SMILES string of the molecule is CCNCC(CCCS(C)(=O)=O)C(C)(C)C. The lowest BCUT2D eigenvalue weighted by Gasteiger charge is -2.31. The molecule has 0 amide bonds. The molecule has 0 aromatic carbocycles. The van der Waals surface area contributed by atoms with Gasteiger partial charge in [0.2, 0.25) is 0 Å². The molecule has 0 aromatic heterocycles. The van der Waals surface area contributed by atoms with Crippen LogP contribution < -0.4 is 5.32 Å². The van der Waals surface area contributed by atoms with E-state index >= 15 is 0 Å². The molecule has 4 heteroatoms. The summed E-state index contributed by atoms with van der Waals surface area (Å²) in [4.78, 5) is 0. The van der Waals surface area contributed by atoms with E-state index in [2.05, 4.69) is 33.0 Å². The fourth-order valence-corrected chi connectivity index (χ4v) is 2.44. The Kier molecular flexibility index (Phi) is 6.56. The third-order valence-electron chi connectivity index (χ3n) is 2.93. The maximum atomic E-state index is 11.1. The van der Waals surface area contributed by atoms with Crippen LogP contribution in [0.25, 0.3) is 0 Å². The molecule has 0 saturated carbocycles. The number of nitrogens with one attached hydrogen (secondary N) is 1. The Balaban J connectivity index is 4.13. The van der Waals surface area contributed by atoms with Crippen molar-refractivity contribution in [3.8, 4) is 0 Å². The summed E-state index contributed by atoms with van der Waals surface area (Å²) in [5.41, 5.74) is 0.236. The summed E-state index contributed by atoms with van der Waals surface area (Å²) < 4.78 is 22.1. The van der Waals surface area contributed by atoms with E-state index in [9.17, 15) is 8.42 Å². The van der Waals surface area contributed by atoms with Crippen molar-refractivity contribution in [1.29, 1.82) is 0 Å². The van der Waals surface area contributed by atoms with Gasteiger partial charge in [-0.15, -0.1) is 0 Å². The van der Waals surface area contributed by atoms with Crippen LogP contribution in [0.15, 0.2) is 0 Å². The predicted molar refractivity (Wildman–Crippen MR) is 70.4 cm³/mol. The molecule has 0 radical (unpaired) electrons. The Morgan fingerprint density at radius 3 is 2.19 bits per heavy atom. The fraction of sp³-hybridized carbons (Fsp3) is 1.00. The van der Waals surface area contributed by atoms with Crippen LogP contribution in [0.5, 0.6) is 0 Å².